The van der Waals surface area contributed by atoms with Crippen molar-refractivity contribution in [1.29, 1.82) is 0 Å². The minimum Gasteiger partial charge on any atom is -0.309 e. The second-order valence-corrected chi connectivity index (χ2v) is 5.36. The molecule has 0 unspecified atom stereocenters. The van der Waals surface area contributed by atoms with E-state index in [2.05, 4.69) is 48.0 Å². The molecule has 0 amide bonds. The molecule has 0 spiro atoms. The molecule has 1 rings (SSSR count). The summed E-state index contributed by atoms with van der Waals surface area (Å²) in [7, 11) is 0. The van der Waals surface area contributed by atoms with Crippen molar-refractivity contribution >= 4 is 0 Å². The van der Waals surface area contributed by atoms with E-state index in [-0.39, 0.29) is 0 Å². The summed E-state index contributed by atoms with van der Waals surface area (Å²) in [6, 6.07) is 0. The van der Waals surface area contributed by atoms with E-state index < -0.39 is 0 Å². The molecule has 1 heterocycles. The quantitative estimate of drug-likeness (QED) is 0.656. The molecule has 1 aromatic heterocycles. The highest BCUT2D eigenvalue weighted by molar-refractivity contribution is 4.84. The highest BCUT2D eigenvalue weighted by Crippen LogP contribution is 2.00. The Balaban J connectivity index is 2.27. The first-order chi connectivity index (χ1) is 9.17. The largest absolute Gasteiger partial charge is 0.309 e. The molecule has 1 N–H and O–H groups in total. The highest BCUT2D eigenvalue weighted by atomic mass is 15.3. The second-order valence-electron chi connectivity index (χ2n) is 5.36. The standard InChI is InChI=1S/C14H29N5/c1-5-8-18(6-2)9-7-15-10-14-16-12-17-19(14)11-13(3)4/h12-13,15H,5-11H2,1-4H3. The van der Waals surface area contributed by atoms with E-state index in [0.717, 1.165) is 38.5 Å². The molecule has 5 nitrogen and oxygen atoms in total. The summed E-state index contributed by atoms with van der Waals surface area (Å²) >= 11 is 0. The summed E-state index contributed by atoms with van der Waals surface area (Å²) in [5, 5.41) is 7.73. The van der Waals surface area contributed by atoms with Crippen LogP contribution in [-0.2, 0) is 13.1 Å². The first-order valence-electron chi connectivity index (χ1n) is 7.47. The van der Waals surface area contributed by atoms with E-state index in [9.17, 15) is 0 Å². The molecule has 0 fully saturated rings. The van der Waals surface area contributed by atoms with Crippen LogP contribution in [-0.4, -0.2) is 45.8 Å². The Morgan fingerprint density at radius 3 is 2.74 bits per heavy atom. The van der Waals surface area contributed by atoms with Crippen molar-refractivity contribution in [3.8, 4) is 0 Å². The summed E-state index contributed by atoms with van der Waals surface area (Å²) < 4.78 is 2.00. The maximum absolute atomic E-state index is 4.32. The fourth-order valence-electron chi connectivity index (χ4n) is 2.10. The van der Waals surface area contributed by atoms with E-state index in [1.165, 1.54) is 13.0 Å². The fraction of sp³-hybridized carbons (Fsp3) is 0.857. The van der Waals surface area contributed by atoms with E-state index in [0.29, 0.717) is 5.92 Å². The molecule has 19 heavy (non-hydrogen) atoms. The third-order valence-electron chi connectivity index (χ3n) is 3.11. The Morgan fingerprint density at radius 2 is 2.11 bits per heavy atom. The summed E-state index contributed by atoms with van der Waals surface area (Å²) in [4.78, 5) is 6.78. The molecular weight excluding hydrogens is 238 g/mol. The van der Waals surface area contributed by atoms with E-state index in [1.807, 2.05) is 4.68 Å². The maximum atomic E-state index is 4.32. The number of rotatable bonds is 10. The molecular formula is C14H29N5. The van der Waals surface area contributed by atoms with Gasteiger partial charge in [-0.1, -0.05) is 27.7 Å². The first kappa shape index (κ1) is 16.1. The van der Waals surface area contributed by atoms with Crippen molar-refractivity contribution in [3.63, 3.8) is 0 Å². The Hall–Kier alpha value is -0.940. The number of hydrogen-bond donors (Lipinski definition) is 1. The molecule has 5 heteroatoms. The molecule has 0 aromatic carbocycles. The Kier molecular flexibility index (Phi) is 7.67. The smallest absolute Gasteiger partial charge is 0.140 e. The molecule has 1 aromatic rings. The molecule has 0 aliphatic rings. The number of nitrogens with one attached hydrogen (secondary N) is 1. The van der Waals surface area contributed by atoms with Crippen molar-refractivity contribution in [2.75, 3.05) is 26.2 Å². The van der Waals surface area contributed by atoms with E-state index >= 15 is 0 Å². The molecule has 0 radical (unpaired) electrons. The van der Waals surface area contributed by atoms with Crippen molar-refractivity contribution in [1.82, 2.24) is 25.0 Å². The van der Waals surface area contributed by atoms with Gasteiger partial charge in [-0.3, -0.25) is 0 Å². The van der Waals surface area contributed by atoms with Crippen molar-refractivity contribution in [2.24, 2.45) is 5.92 Å². The van der Waals surface area contributed by atoms with Crippen LogP contribution in [0.5, 0.6) is 0 Å². The van der Waals surface area contributed by atoms with Gasteiger partial charge in [-0.25, -0.2) is 9.67 Å². The van der Waals surface area contributed by atoms with Gasteiger partial charge in [0.1, 0.15) is 12.2 Å². The second kappa shape index (κ2) is 9.04. The fourth-order valence-corrected chi connectivity index (χ4v) is 2.10. The molecule has 0 saturated carbocycles. The van der Waals surface area contributed by atoms with Gasteiger partial charge in [-0.15, -0.1) is 0 Å². The summed E-state index contributed by atoms with van der Waals surface area (Å²) in [5.74, 6) is 1.63. The van der Waals surface area contributed by atoms with Gasteiger partial charge in [-0.05, 0) is 25.4 Å². The molecule has 0 atom stereocenters. The summed E-state index contributed by atoms with van der Waals surface area (Å²) in [5.41, 5.74) is 0. The monoisotopic (exact) mass is 267 g/mol. The van der Waals surface area contributed by atoms with Crippen LogP contribution in [0.2, 0.25) is 0 Å². The average molecular weight is 267 g/mol. The lowest BCUT2D eigenvalue weighted by Gasteiger charge is -2.19. The lowest BCUT2D eigenvalue weighted by atomic mass is 10.2. The SMILES string of the molecule is CCCN(CC)CCNCc1ncnn1CC(C)C. The Morgan fingerprint density at radius 1 is 1.32 bits per heavy atom. The summed E-state index contributed by atoms with van der Waals surface area (Å²) in [6.45, 7) is 15.0. The predicted octanol–water partition coefficient (Wildman–Crippen LogP) is 1.76. The number of nitrogens with zero attached hydrogens (tertiary/aromatic N) is 4. The van der Waals surface area contributed by atoms with Crippen LogP contribution in [0, 0.1) is 5.92 Å². The van der Waals surface area contributed by atoms with E-state index in [4.69, 9.17) is 0 Å². The van der Waals surface area contributed by atoms with Gasteiger partial charge in [0, 0.05) is 19.6 Å². The summed E-state index contributed by atoms with van der Waals surface area (Å²) in [6.07, 6.45) is 2.87. The zero-order chi connectivity index (χ0) is 14.1. The molecule has 0 aliphatic carbocycles. The lowest BCUT2D eigenvalue weighted by Crippen LogP contribution is -2.33. The van der Waals surface area contributed by atoms with Crippen LogP contribution in [0.4, 0.5) is 0 Å². The van der Waals surface area contributed by atoms with Gasteiger partial charge in [0.2, 0.25) is 0 Å². The van der Waals surface area contributed by atoms with Gasteiger partial charge in [0.15, 0.2) is 0 Å². The zero-order valence-corrected chi connectivity index (χ0v) is 12.9. The average Bonchev–Trinajstić information content (AvgIpc) is 2.79. The van der Waals surface area contributed by atoms with Gasteiger partial charge in [0.25, 0.3) is 0 Å². The van der Waals surface area contributed by atoms with Crippen molar-refractivity contribution in [2.45, 2.75) is 47.2 Å². The van der Waals surface area contributed by atoms with E-state index in [1.54, 1.807) is 6.33 Å². The van der Waals surface area contributed by atoms with Crippen LogP contribution < -0.4 is 5.32 Å². The molecule has 110 valence electrons. The normalized spacial score (nSPS) is 11.7. The van der Waals surface area contributed by atoms with Gasteiger partial charge in [-0.2, -0.15) is 5.10 Å². The maximum Gasteiger partial charge on any atom is 0.140 e. The van der Waals surface area contributed by atoms with Crippen LogP contribution >= 0.6 is 0 Å². The molecule has 0 bridgehead atoms. The number of aromatic nitrogens is 3. The number of likely N-dealkylation sites (N-methyl/N-ethyl adjacent to an activating group) is 1. The topological polar surface area (TPSA) is 46.0 Å². The van der Waals surface area contributed by atoms with Gasteiger partial charge >= 0.3 is 0 Å². The van der Waals surface area contributed by atoms with Gasteiger partial charge in [0.05, 0.1) is 6.54 Å². The highest BCUT2D eigenvalue weighted by Gasteiger charge is 2.06. The Labute approximate surface area is 117 Å². The van der Waals surface area contributed by atoms with Gasteiger partial charge < -0.3 is 10.2 Å². The van der Waals surface area contributed by atoms with Crippen LogP contribution in [0.3, 0.4) is 0 Å². The Bertz CT molecular complexity index is 334. The third-order valence-corrected chi connectivity index (χ3v) is 3.11. The number of hydrogen-bond acceptors (Lipinski definition) is 4. The van der Waals surface area contributed by atoms with Crippen LogP contribution in [0.15, 0.2) is 6.33 Å². The minimum absolute atomic E-state index is 0.598. The minimum atomic E-state index is 0.598. The first-order valence-corrected chi connectivity index (χ1v) is 7.47. The molecule has 0 saturated heterocycles. The predicted molar refractivity (Wildman–Crippen MR) is 79.0 cm³/mol. The third kappa shape index (κ3) is 6.16. The van der Waals surface area contributed by atoms with Crippen LogP contribution in [0.1, 0.15) is 39.9 Å². The lowest BCUT2D eigenvalue weighted by molar-refractivity contribution is 0.286. The molecule has 0 aliphatic heterocycles. The van der Waals surface area contributed by atoms with Crippen molar-refractivity contribution in [3.05, 3.63) is 12.2 Å². The van der Waals surface area contributed by atoms with Crippen molar-refractivity contribution < 1.29 is 0 Å². The van der Waals surface area contributed by atoms with Crippen LogP contribution in [0.25, 0.3) is 0 Å². The zero-order valence-electron chi connectivity index (χ0n) is 12.9.